The molecule has 2 rings (SSSR count). The molecule has 0 bridgehead atoms. The van der Waals surface area contributed by atoms with Gasteiger partial charge in [0.05, 0.1) is 6.17 Å². The molecule has 1 heterocycles. The van der Waals surface area contributed by atoms with E-state index in [0.717, 1.165) is 13.0 Å². The zero-order valence-electron chi connectivity index (χ0n) is 9.21. The molecule has 1 saturated heterocycles. The highest BCUT2D eigenvalue weighted by Crippen LogP contribution is 2.04. The molecule has 2 nitrogen and oxygen atoms in total. The lowest BCUT2D eigenvalue weighted by atomic mass is 10.1. The minimum absolute atomic E-state index is 0.544. The zero-order valence-corrected chi connectivity index (χ0v) is 9.21. The Morgan fingerprint density at radius 1 is 1.20 bits per heavy atom. The van der Waals surface area contributed by atoms with Gasteiger partial charge in [-0.3, -0.25) is 0 Å². The lowest BCUT2D eigenvalue weighted by Crippen LogP contribution is -2.45. The van der Waals surface area contributed by atoms with Crippen molar-refractivity contribution in [1.29, 1.82) is 0 Å². The normalized spacial score (nSPS) is 21.5. The van der Waals surface area contributed by atoms with Gasteiger partial charge in [-0.15, -0.1) is 0 Å². The fraction of sp³-hybridized carbons (Fsp3) is 0.538. The maximum absolute atomic E-state index is 3.56. The van der Waals surface area contributed by atoms with Crippen LogP contribution in [0.5, 0.6) is 0 Å². The van der Waals surface area contributed by atoms with Gasteiger partial charge < -0.3 is 10.6 Å². The molecule has 0 saturated carbocycles. The van der Waals surface area contributed by atoms with E-state index < -0.39 is 0 Å². The third-order valence-corrected chi connectivity index (χ3v) is 2.96. The van der Waals surface area contributed by atoms with E-state index in [2.05, 4.69) is 41.0 Å². The van der Waals surface area contributed by atoms with Crippen LogP contribution in [0, 0.1) is 0 Å². The van der Waals surface area contributed by atoms with E-state index in [1.165, 1.54) is 31.4 Å². The Balaban J connectivity index is 1.66. The Morgan fingerprint density at radius 3 is 2.80 bits per heavy atom. The van der Waals surface area contributed by atoms with Gasteiger partial charge in [0.25, 0.3) is 0 Å². The molecule has 0 aliphatic carbocycles. The lowest BCUT2D eigenvalue weighted by Gasteiger charge is -2.24. The zero-order chi connectivity index (χ0) is 10.3. The van der Waals surface area contributed by atoms with Crippen molar-refractivity contribution < 1.29 is 0 Å². The molecule has 82 valence electrons. The summed E-state index contributed by atoms with van der Waals surface area (Å²) >= 11 is 0. The van der Waals surface area contributed by atoms with Crippen LogP contribution in [0.1, 0.15) is 24.8 Å². The van der Waals surface area contributed by atoms with Crippen molar-refractivity contribution in [2.45, 2.75) is 31.8 Å². The Morgan fingerprint density at radius 2 is 2.07 bits per heavy atom. The van der Waals surface area contributed by atoms with E-state index >= 15 is 0 Å². The van der Waals surface area contributed by atoms with Gasteiger partial charge in [0, 0.05) is 6.54 Å². The molecule has 1 aromatic carbocycles. The molecule has 0 radical (unpaired) electrons. The number of rotatable bonds is 4. The number of hydrogen-bond donors (Lipinski definition) is 2. The molecule has 1 unspecified atom stereocenters. The summed E-state index contributed by atoms with van der Waals surface area (Å²) in [5.74, 6) is 0. The molecular weight excluding hydrogens is 184 g/mol. The highest BCUT2D eigenvalue weighted by molar-refractivity contribution is 5.14. The third-order valence-electron chi connectivity index (χ3n) is 2.96. The largest absolute Gasteiger partial charge is 0.302 e. The summed E-state index contributed by atoms with van der Waals surface area (Å²) in [6.45, 7) is 2.24. The second-order valence-electron chi connectivity index (χ2n) is 4.19. The van der Waals surface area contributed by atoms with Crippen molar-refractivity contribution >= 4 is 0 Å². The molecule has 1 atom stereocenters. The van der Waals surface area contributed by atoms with Gasteiger partial charge in [0.15, 0.2) is 0 Å². The van der Waals surface area contributed by atoms with Crippen LogP contribution in [0.2, 0.25) is 0 Å². The second kappa shape index (κ2) is 5.89. The second-order valence-corrected chi connectivity index (χ2v) is 4.19. The summed E-state index contributed by atoms with van der Waals surface area (Å²) in [5.41, 5.74) is 1.42. The van der Waals surface area contributed by atoms with Crippen molar-refractivity contribution in [3.63, 3.8) is 0 Å². The van der Waals surface area contributed by atoms with Crippen LogP contribution in [0.15, 0.2) is 30.3 Å². The summed E-state index contributed by atoms with van der Waals surface area (Å²) < 4.78 is 0. The van der Waals surface area contributed by atoms with Crippen LogP contribution in [0.4, 0.5) is 0 Å². The Kier molecular flexibility index (Phi) is 4.18. The molecule has 0 aromatic heterocycles. The predicted octanol–water partition coefficient (Wildman–Crippen LogP) is 1.92. The van der Waals surface area contributed by atoms with Gasteiger partial charge in [-0.25, -0.2) is 0 Å². The SMILES string of the molecule is c1ccc(CCNC2CCCCN2)cc1. The first-order chi connectivity index (χ1) is 7.45. The summed E-state index contributed by atoms with van der Waals surface area (Å²) in [6.07, 6.45) is 5.63. The van der Waals surface area contributed by atoms with E-state index in [9.17, 15) is 0 Å². The van der Waals surface area contributed by atoms with Gasteiger partial charge in [0.1, 0.15) is 0 Å². The Hall–Kier alpha value is -0.860. The van der Waals surface area contributed by atoms with E-state index in [1.54, 1.807) is 0 Å². The fourth-order valence-corrected chi connectivity index (χ4v) is 2.06. The predicted molar refractivity (Wildman–Crippen MR) is 63.8 cm³/mol. The van der Waals surface area contributed by atoms with Crippen molar-refractivity contribution in [2.24, 2.45) is 0 Å². The van der Waals surface area contributed by atoms with Crippen molar-refractivity contribution in [3.05, 3.63) is 35.9 Å². The molecule has 2 heteroatoms. The molecule has 0 spiro atoms. The van der Waals surface area contributed by atoms with Crippen LogP contribution < -0.4 is 10.6 Å². The van der Waals surface area contributed by atoms with Crippen LogP contribution in [-0.2, 0) is 6.42 Å². The standard InChI is InChI=1S/C13H20N2/c1-2-6-12(7-3-1)9-11-15-13-8-4-5-10-14-13/h1-3,6-7,13-15H,4-5,8-11H2. The first kappa shape index (κ1) is 10.7. The Bertz CT molecular complexity index is 265. The average Bonchev–Trinajstić information content (AvgIpc) is 2.32. The number of hydrogen-bond acceptors (Lipinski definition) is 2. The van der Waals surface area contributed by atoms with Crippen LogP contribution >= 0.6 is 0 Å². The molecule has 1 aliphatic rings. The summed E-state index contributed by atoms with van der Waals surface area (Å²) in [6, 6.07) is 10.7. The monoisotopic (exact) mass is 204 g/mol. The van der Waals surface area contributed by atoms with E-state index in [0.29, 0.717) is 6.17 Å². The van der Waals surface area contributed by atoms with E-state index in [4.69, 9.17) is 0 Å². The quantitative estimate of drug-likeness (QED) is 0.783. The minimum Gasteiger partial charge on any atom is -0.302 e. The van der Waals surface area contributed by atoms with Crippen LogP contribution in [0.3, 0.4) is 0 Å². The van der Waals surface area contributed by atoms with Crippen LogP contribution in [0.25, 0.3) is 0 Å². The van der Waals surface area contributed by atoms with Crippen molar-refractivity contribution in [3.8, 4) is 0 Å². The van der Waals surface area contributed by atoms with Crippen molar-refractivity contribution in [1.82, 2.24) is 10.6 Å². The van der Waals surface area contributed by atoms with E-state index in [1.807, 2.05) is 0 Å². The third kappa shape index (κ3) is 3.65. The minimum atomic E-state index is 0.544. The van der Waals surface area contributed by atoms with Gasteiger partial charge >= 0.3 is 0 Å². The number of piperidine rings is 1. The molecular formula is C13H20N2. The summed E-state index contributed by atoms with van der Waals surface area (Å²) in [7, 11) is 0. The Labute approximate surface area is 92.1 Å². The number of benzene rings is 1. The number of nitrogens with one attached hydrogen (secondary N) is 2. The van der Waals surface area contributed by atoms with Gasteiger partial charge in [-0.2, -0.15) is 0 Å². The smallest absolute Gasteiger partial charge is 0.0571 e. The topological polar surface area (TPSA) is 24.1 Å². The van der Waals surface area contributed by atoms with E-state index in [-0.39, 0.29) is 0 Å². The highest BCUT2D eigenvalue weighted by Gasteiger charge is 2.10. The molecule has 1 aliphatic heterocycles. The molecule has 1 fully saturated rings. The van der Waals surface area contributed by atoms with Crippen LogP contribution in [-0.4, -0.2) is 19.3 Å². The van der Waals surface area contributed by atoms with Gasteiger partial charge in [-0.05, 0) is 37.8 Å². The maximum atomic E-state index is 3.56. The van der Waals surface area contributed by atoms with Gasteiger partial charge in [0.2, 0.25) is 0 Å². The highest BCUT2D eigenvalue weighted by atomic mass is 15.1. The summed E-state index contributed by atoms with van der Waals surface area (Å²) in [5, 5.41) is 7.05. The van der Waals surface area contributed by atoms with Crippen molar-refractivity contribution in [2.75, 3.05) is 13.1 Å². The average molecular weight is 204 g/mol. The first-order valence-electron chi connectivity index (χ1n) is 5.96. The lowest BCUT2D eigenvalue weighted by molar-refractivity contribution is 0.346. The molecule has 0 amide bonds. The van der Waals surface area contributed by atoms with Gasteiger partial charge in [-0.1, -0.05) is 30.3 Å². The molecule has 1 aromatic rings. The molecule has 15 heavy (non-hydrogen) atoms. The summed E-state index contributed by atoms with van der Waals surface area (Å²) in [4.78, 5) is 0. The maximum Gasteiger partial charge on any atom is 0.0571 e. The molecule has 2 N–H and O–H groups in total. The fourth-order valence-electron chi connectivity index (χ4n) is 2.06. The first-order valence-corrected chi connectivity index (χ1v) is 5.96.